The number of ether oxygens (including phenoxy) is 1. The fraction of sp³-hybridized carbons (Fsp3) is 0.471. The summed E-state index contributed by atoms with van der Waals surface area (Å²) in [6.45, 7) is 1.74. The predicted molar refractivity (Wildman–Crippen MR) is 101 cm³/mol. The lowest BCUT2D eigenvalue weighted by molar-refractivity contribution is -0.286. The van der Waals surface area contributed by atoms with Gasteiger partial charge in [0.2, 0.25) is 0 Å². The Morgan fingerprint density at radius 1 is 1.00 bits per heavy atom. The molecule has 0 radical (unpaired) electrons. The van der Waals surface area contributed by atoms with Crippen LogP contribution in [0.15, 0.2) is 24.3 Å². The highest BCUT2D eigenvalue weighted by atomic mass is 16.6. The number of benzene rings is 1. The van der Waals surface area contributed by atoms with Crippen molar-refractivity contribution < 1.29 is 49.8 Å². The molecule has 168 valence electrons. The number of rotatable bonds is 4. The van der Waals surface area contributed by atoms with Gasteiger partial charge in [-0.25, -0.2) is 9.59 Å². The Kier molecular flexibility index (Phi) is 10.1. The third-order valence-electron chi connectivity index (χ3n) is 3.78. The Morgan fingerprint density at radius 2 is 1.60 bits per heavy atom. The average molecular weight is 431 g/mol. The molecule has 0 spiro atoms. The molecular weight excluding hydrogens is 406 g/mol. The van der Waals surface area contributed by atoms with Crippen molar-refractivity contribution in [1.29, 1.82) is 0 Å². The summed E-state index contributed by atoms with van der Waals surface area (Å²) in [6, 6.07) is 5.80. The second kappa shape index (κ2) is 12.0. The maximum Gasteiger partial charge on any atom is 0.394 e. The van der Waals surface area contributed by atoms with Crippen molar-refractivity contribution in [2.24, 2.45) is 0 Å². The summed E-state index contributed by atoms with van der Waals surface area (Å²) in [5.74, 6) is -2.71. The molecule has 13 nitrogen and oxygen atoms in total. The fourth-order valence-electron chi connectivity index (χ4n) is 2.28. The number of carboxylic acids is 1. The van der Waals surface area contributed by atoms with E-state index in [0.717, 1.165) is 0 Å². The third-order valence-corrected chi connectivity index (χ3v) is 3.78. The molecule has 1 aromatic rings. The minimum Gasteiger partial charge on any atom is -0.474 e. The van der Waals surface area contributed by atoms with Gasteiger partial charge in [-0.3, -0.25) is 4.79 Å². The molecule has 1 fully saturated rings. The maximum atomic E-state index is 11.3. The van der Waals surface area contributed by atoms with Crippen LogP contribution in [0.3, 0.4) is 0 Å². The van der Waals surface area contributed by atoms with Crippen LogP contribution in [0.2, 0.25) is 0 Å². The third kappa shape index (κ3) is 7.55. The maximum absolute atomic E-state index is 11.3. The van der Waals surface area contributed by atoms with E-state index in [1.54, 1.807) is 19.1 Å². The summed E-state index contributed by atoms with van der Waals surface area (Å²) in [4.78, 5) is 32.5. The minimum atomic E-state index is -1.57. The van der Waals surface area contributed by atoms with Gasteiger partial charge >= 0.3 is 17.9 Å². The van der Waals surface area contributed by atoms with Gasteiger partial charge in [0.25, 0.3) is 0 Å². The van der Waals surface area contributed by atoms with Gasteiger partial charge in [-0.15, -0.1) is 0 Å². The average Bonchev–Trinajstić information content (AvgIpc) is 2.70. The number of nitrogens with one attached hydrogen (secondary N) is 3. The van der Waals surface area contributed by atoms with Gasteiger partial charge in [-0.1, -0.05) is 6.07 Å². The summed E-state index contributed by atoms with van der Waals surface area (Å²) >= 11 is 0. The molecule has 1 heterocycles. The van der Waals surface area contributed by atoms with Crippen molar-refractivity contribution in [3.8, 4) is 0 Å². The molecule has 0 aromatic heterocycles. The van der Waals surface area contributed by atoms with Crippen LogP contribution in [0.1, 0.15) is 6.92 Å². The van der Waals surface area contributed by atoms with Crippen molar-refractivity contribution >= 4 is 29.3 Å². The molecule has 1 aliphatic heterocycles. The van der Waals surface area contributed by atoms with Crippen LogP contribution in [0.5, 0.6) is 0 Å². The van der Waals surface area contributed by atoms with Crippen LogP contribution in [-0.4, -0.2) is 92.4 Å². The first-order valence-electron chi connectivity index (χ1n) is 8.78. The van der Waals surface area contributed by atoms with E-state index < -0.39 is 49.2 Å². The molecule has 1 saturated heterocycles. The highest BCUT2D eigenvalue weighted by Gasteiger charge is 2.42. The number of urea groups is 1. The van der Waals surface area contributed by atoms with E-state index in [1.807, 2.05) is 0 Å². The Bertz CT molecular complexity index is 727. The number of aliphatic hydroxyl groups is 5. The Labute approximate surface area is 170 Å². The van der Waals surface area contributed by atoms with Crippen LogP contribution in [0.25, 0.3) is 0 Å². The van der Waals surface area contributed by atoms with E-state index in [-0.39, 0.29) is 11.7 Å². The van der Waals surface area contributed by atoms with Crippen LogP contribution in [-0.2, 0) is 14.3 Å². The monoisotopic (exact) mass is 431 g/mol. The zero-order valence-electron chi connectivity index (χ0n) is 15.9. The van der Waals surface area contributed by atoms with E-state index in [1.165, 1.54) is 12.1 Å². The molecule has 1 aliphatic rings. The van der Waals surface area contributed by atoms with Gasteiger partial charge < -0.3 is 51.3 Å². The Balaban J connectivity index is 0.000000325. The number of hydrogen-bond donors (Lipinski definition) is 9. The highest BCUT2D eigenvalue weighted by Crippen LogP contribution is 2.19. The Hall–Kier alpha value is -2.81. The number of carboxylic acid groups (broad SMARTS) is 1. The SMILES string of the molecule is CCNC(=O)Nc1cccc(NC(=O)C(=O)O)c1.OCC1OC(O)C(O)C(O)C1O. The van der Waals surface area contributed by atoms with Crippen molar-refractivity contribution in [3.63, 3.8) is 0 Å². The van der Waals surface area contributed by atoms with Crippen molar-refractivity contribution in [3.05, 3.63) is 24.3 Å². The molecule has 3 amide bonds. The second-order valence-corrected chi connectivity index (χ2v) is 6.04. The van der Waals surface area contributed by atoms with Crippen LogP contribution >= 0.6 is 0 Å². The van der Waals surface area contributed by atoms with E-state index >= 15 is 0 Å². The van der Waals surface area contributed by atoms with Gasteiger partial charge in [0.1, 0.15) is 24.4 Å². The number of carbonyl (C=O) groups is 3. The molecule has 1 aromatic carbocycles. The number of anilines is 2. The van der Waals surface area contributed by atoms with Crippen LogP contribution in [0, 0.1) is 0 Å². The molecular formula is C17H25N3O10. The zero-order chi connectivity index (χ0) is 22.8. The molecule has 9 N–H and O–H groups in total. The second-order valence-electron chi connectivity index (χ2n) is 6.04. The standard InChI is InChI=1S/C11H13N3O4.C6H12O6/c1-2-12-11(18)14-8-5-3-4-7(6-8)13-9(15)10(16)17;7-1-2-3(8)4(9)5(10)6(11)12-2/h3-6H,2H2,1H3,(H,13,15)(H,16,17)(H2,12,14,18);2-11H,1H2. The smallest absolute Gasteiger partial charge is 0.394 e. The summed E-state index contributed by atoms with van der Waals surface area (Å²) in [5, 5.41) is 60.3. The van der Waals surface area contributed by atoms with E-state index in [2.05, 4.69) is 20.7 Å². The summed E-state index contributed by atoms with van der Waals surface area (Å²) in [6.07, 6.45) is -7.04. The molecule has 30 heavy (non-hydrogen) atoms. The van der Waals surface area contributed by atoms with Crippen LogP contribution in [0.4, 0.5) is 16.2 Å². The lowest BCUT2D eigenvalue weighted by atomic mass is 10.00. The molecule has 0 aliphatic carbocycles. The minimum absolute atomic E-state index is 0.289. The number of carbonyl (C=O) groups excluding carboxylic acids is 2. The van der Waals surface area contributed by atoms with Gasteiger partial charge in [-0.2, -0.15) is 0 Å². The van der Waals surface area contributed by atoms with Crippen molar-refractivity contribution in [1.82, 2.24) is 5.32 Å². The molecule has 13 heteroatoms. The van der Waals surface area contributed by atoms with E-state index in [9.17, 15) is 14.4 Å². The summed E-state index contributed by atoms with van der Waals surface area (Å²) in [5.41, 5.74) is 0.737. The molecule has 5 atom stereocenters. The first kappa shape index (κ1) is 25.2. The molecule has 5 unspecified atom stereocenters. The van der Waals surface area contributed by atoms with Crippen molar-refractivity contribution in [2.75, 3.05) is 23.8 Å². The van der Waals surface area contributed by atoms with Gasteiger partial charge in [0.05, 0.1) is 6.61 Å². The Morgan fingerprint density at radius 3 is 2.13 bits per heavy atom. The summed E-state index contributed by atoms with van der Waals surface area (Å²) < 4.78 is 4.58. The fourth-order valence-corrected chi connectivity index (χ4v) is 2.28. The zero-order valence-corrected chi connectivity index (χ0v) is 15.9. The molecule has 0 saturated carbocycles. The topological polar surface area (TPSA) is 218 Å². The first-order valence-corrected chi connectivity index (χ1v) is 8.78. The number of aliphatic hydroxyl groups excluding tert-OH is 5. The lowest BCUT2D eigenvalue weighted by Crippen LogP contribution is -2.58. The highest BCUT2D eigenvalue weighted by molar-refractivity contribution is 6.36. The number of aliphatic carboxylic acids is 1. The number of amides is 3. The van der Waals surface area contributed by atoms with Crippen LogP contribution < -0.4 is 16.0 Å². The largest absolute Gasteiger partial charge is 0.474 e. The first-order chi connectivity index (χ1) is 14.1. The van der Waals surface area contributed by atoms with E-state index in [0.29, 0.717) is 12.2 Å². The van der Waals surface area contributed by atoms with Gasteiger partial charge in [-0.05, 0) is 25.1 Å². The summed E-state index contributed by atoms with van der Waals surface area (Å²) in [7, 11) is 0. The predicted octanol–water partition coefficient (Wildman–Crippen LogP) is -2.37. The molecule has 2 rings (SSSR count). The quantitative estimate of drug-likeness (QED) is 0.231. The van der Waals surface area contributed by atoms with Gasteiger partial charge in [0, 0.05) is 17.9 Å². The normalized spacial score (nSPS) is 25.3. The lowest BCUT2D eigenvalue weighted by Gasteiger charge is -2.37. The van der Waals surface area contributed by atoms with Crippen molar-refractivity contribution in [2.45, 2.75) is 37.6 Å². The van der Waals surface area contributed by atoms with E-state index in [4.69, 9.17) is 30.6 Å². The molecule has 0 bridgehead atoms. The number of hydrogen-bond acceptors (Lipinski definition) is 9. The van der Waals surface area contributed by atoms with Gasteiger partial charge in [0.15, 0.2) is 6.29 Å².